The van der Waals surface area contributed by atoms with E-state index >= 15 is 0 Å². The number of hydrogen-bond donors (Lipinski definition) is 1. The number of benzene rings is 1. The van der Waals surface area contributed by atoms with Gasteiger partial charge in [0.05, 0.1) is 24.5 Å². The van der Waals surface area contributed by atoms with Crippen molar-refractivity contribution in [2.45, 2.75) is 32.6 Å². The molecule has 1 atom stereocenters. The normalized spacial score (nSPS) is 17.1. The highest BCUT2D eigenvalue weighted by molar-refractivity contribution is 5.75. The fourth-order valence-electron chi connectivity index (χ4n) is 2.51. The van der Waals surface area contributed by atoms with E-state index in [4.69, 9.17) is 4.74 Å². The number of rotatable bonds is 4. The summed E-state index contributed by atoms with van der Waals surface area (Å²) >= 11 is 0. The molecule has 0 fully saturated rings. The number of carbonyl (C=O) groups is 1. The number of nitrogens with one attached hydrogen (secondary N) is 1. The molecule has 2 aromatic rings. The van der Waals surface area contributed by atoms with E-state index in [2.05, 4.69) is 14.9 Å². The summed E-state index contributed by atoms with van der Waals surface area (Å²) in [7, 11) is 0. The van der Waals surface area contributed by atoms with Gasteiger partial charge in [0.15, 0.2) is 0 Å². The summed E-state index contributed by atoms with van der Waals surface area (Å²) in [5, 5.41) is 2.84. The molecule has 116 valence electrons. The van der Waals surface area contributed by atoms with Crippen LogP contribution in [0.2, 0.25) is 0 Å². The van der Waals surface area contributed by atoms with E-state index < -0.39 is 0 Å². The molecule has 0 spiro atoms. The Morgan fingerprint density at radius 3 is 2.95 bits per heavy atom. The number of carbonyl (C=O) groups excluding carboxylic acids is 1. The van der Waals surface area contributed by atoms with Crippen molar-refractivity contribution >= 4 is 5.91 Å². The second-order valence-electron chi connectivity index (χ2n) is 5.27. The zero-order valence-electron chi connectivity index (χ0n) is 12.4. The lowest BCUT2D eigenvalue weighted by molar-refractivity contribution is -0.121. The predicted molar refractivity (Wildman–Crippen MR) is 79.5 cm³/mol. The third kappa shape index (κ3) is 3.01. The minimum absolute atomic E-state index is 0.0128. The van der Waals surface area contributed by atoms with E-state index in [1.165, 1.54) is 12.1 Å². The first-order valence-corrected chi connectivity index (χ1v) is 7.36. The standard InChI is InChI=1S/C16H18FN3O2/c1-2-16(21)19-7-13-9-20-14(8-18-15(20)10-22-13)11-3-5-12(17)6-4-11/h3-6,8,13H,2,7,9-10H2,1H3,(H,19,21)/t13-/m0/s1. The molecule has 22 heavy (non-hydrogen) atoms. The lowest BCUT2D eigenvalue weighted by Crippen LogP contribution is -2.38. The maximum absolute atomic E-state index is 13.1. The molecule has 2 heterocycles. The molecule has 0 unspecified atom stereocenters. The fraction of sp³-hybridized carbons (Fsp3) is 0.375. The summed E-state index contributed by atoms with van der Waals surface area (Å²) in [6.45, 7) is 3.32. The number of amides is 1. The monoisotopic (exact) mass is 303 g/mol. The van der Waals surface area contributed by atoms with Crippen LogP contribution in [0.25, 0.3) is 11.3 Å². The van der Waals surface area contributed by atoms with Gasteiger partial charge in [0.2, 0.25) is 5.91 Å². The molecule has 1 aromatic heterocycles. The molecule has 1 aliphatic rings. The van der Waals surface area contributed by atoms with Crippen LogP contribution in [0.5, 0.6) is 0 Å². The quantitative estimate of drug-likeness (QED) is 0.941. The Balaban J connectivity index is 1.77. The molecule has 0 saturated carbocycles. The summed E-state index contributed by atoms with van der Waals surface area (Å²) in [6, 6.07) is 6.35. The van der Waals surface area contributed by atoms with Crippen LogP contribution in [-0.2, 0) is 22.7 Å². The van der Waals surface area contributed by atoms with Crippen molar-refractivity contribution in [2.24, 2.45) is 0 Å². The van der Waals surface area contributed by atoms with Gasteiger partial charge in [0, 0.05) is 13.0 Å². The van der Waals surface area contributed by atoms with Crippen molar-refractivity contribution < 1.29 is 13.9 Å². The van der Waals surface area contributed by atoms with Gasteiger partial charge in [-0.3, -0.25) is 4.79 Å². The van der Waals surface area contributed by atoms with Crippen molar-refractivity contribution in [1.82, 2.24) is 14.9 Å². The van der Waals surface area contributed by atoms with Crippen LogP contribution < -0.4 is 5.32 Å². The van der Waals surface area contributed by atoms with E-state index in [-0.39, 0.29) is 17.8 Å². The molecule has 0 aliphatic carbocycles. The topological polar surface area (TPSA) is 56.2 Å². The molecule has 1 aromatic carbocycles. The summed E-state index contributed by atoms with van der Waals surface area (Å²) in [5.41, 5.74) is 1.85. The number of imidazole rings is 1. The number of nitrogens with zero attached hydrogens (tertiary/aromatic N) is 2. The van der Waals surface area contributed by atoms with Crippen molar-refractivity contribution in [1.29, 1.82) is 0 Å². The van der Waals surface area contributed by atoms with Gasteiger partial charge >= 0.3 is 0 Å². The van der Waals surface area contributed by atoms with Crippen molar-refractivity contribution in [3.63, 3.8) is 0 Å². The number of halogens is 1. The van der Waals surface area contributed by atoms with Crippen LogP contribution in [0.4, 0.5) is 4.39 Å². The summed E-state index contributed by atoms with van der Waals surface area (Å²) in [5.74, 6) is 0.599. The molecule has 1 aliphatic heterocycles. The van der Waals surface area contributed by atoms with Gasteiger partial charge in [-0.2, -0.15) is 0 Å². The fourth-order valence-corrected chi connectivity index (χ4v) is 2.51. The number of ether oxygens (including phenoxy) is 1. The predicted octanol–water partition coefficient (Wildman–Crippen LogP) is 2.11. The van der Waals surface area contributed by atoms with Crippen LogP contribution in [-0.4, -0.2) is 28.1 Å². The number of aromatic nitrogens is 2. The van der Waals surface area contributed by atoms with E-state index in [1.54, 1.807) is 18.3 Å². The molecule has 0 saturated heterocycles. The summed E-state index contributed by atoms with van der Waals surface area (Å²) < 4.78 is 20.8. The number of fused-ring (bicyclic) bond motifs is 1. The molecule has 6 heteroatoms. The van der Waals surface area contributed by atoms with Gasteiger partial charge < -0.3 is 14.6 Å². The second-order valence-corrected chi connectivity index (χ2v) is 5.27. The lowest BCUT2D eigenvalue weighted by atomic mass is 10.1. The largest absolute Gasteiger partial charge is 0.367 e. The first-order valence-electron chi connectivity index (χ1n) is 7.36. The van der Waals surface area contributed by atoms with Crippen LogP contribution in [0.3, 0.4) is 0 Å². The Morgan fingerprint density at radius 1 is 1.45 bits per heavy atom. The molecule has 1 amide bonds. The zero-order chi connectivity index (χ0) is 15.5. The highest BCUT2D eigenvalue weighted by atomic mass is 19.1. The Hall–Kier alpha value is -2.21. The van der Waals surface area contributed by atoms with Gasteiger partial charge in [-0.1, -0.05) is 6.92 Å². The SMILES string of the molecule is CCC(=O)NC[C@H]1Cn2c(-c3ccc(F)cc3)cnc2CO1. The Labute approximate surface area is 128 Å². The minimum Gasteiger partial charge on any atom is -0.367 e. The molecular formula is C16H18FN3O2. The van der Waals surface area contributed by atoms with E-state index in [9.17, 15) is 9.18 Å². The second kappa shape index (κ2) is 6.27. The zero-order valence-corrected chi connectivity index (χ0v) is 12.4. The Morgan fingerprint density at radius 2 is 2.23 bits per heavy atom. The smallest absolute Gasteiger partial charge is 0.219 e. The van der Waals surface area contributed by atoms with Gasteiger partial charge in [0.25, 0.3) is 0 Å². The summed E-state index contributed by atoms with van der Waals surface area (Å²) in [4.78, 5) is 15.7. The van der Waals surface area contributed by atoms with Crippen LogP contribution in [0.1, 0.15) is 19.2 Å². The first-order chi connectivity index (χ1) is 10.7. The maximum Gasteiger partial charge on any atom is 0.219 e. The maximum atomic E-state index is 13.1. The third-order valence-electron chi connectivity index (χ3n) is 3.76. The van der Waals surface area contributed by atoms with Gasteiger partial charge in [0.1, 0.15) is 18.2 Å². The Bertz CT molecular complexity index is 667. The van der Waals surface area contributed by atoms with Crippen molar-refractivity contribution in [2.75, 3.05) is 6.54 Å². The Kier molecular flexibility index (Phi) is 4.20. The van der Waals surface area contributed by atoms with Crippen LogP contribution in [0, 0.1) is 5.82 Å². The van der Waals surface area contributed by atoms with Gasteiger partial charge in [-0.25, -0.2) is 9.37 Å². The van der Waals surface area contributed by atoms with E-state index in [1.807, 2.05) is 6.92 Å². The minimum atomic E-state index is -0.259. The molecule has 0 bridgehead atoms. The molecule has 0 radical (unpaired) electrons. The van der Waals surface area contributed by atoms with E-state index in [0.29, 0.717) is 26.1 Å². The average Bonchev–Trinajstić information content (AvgIpc) is 2.96. The molecular weight excluding hydrogens is 285 g/mol. The lowest BCUT2D eigenvalue weighted by Gasteiger charge is -2.26. The third-order valence-corrected chi connectivity index (χ3v) is 3.76. The van der Waals surface area contributed by atoms with Crippen molar-refractivity contribution in [3.8, 4) is 11.3 Å². The average molecular weight is 303 g/mol. The first kappa shape index (κ1) is 14.7. The molecule has 3 rings (SSSR count). The highest BCUT2D eigenvalue weighted by Gasteiger charge is 2.23. The van der Waals surface area contributed by atoms with Gasteiger partial charge in [-0.05, 0) is 29.8 Å². The van der Waals surface area contributed by atoms with Crippen LogP contribution in [0.15, 0.2) is 30.5 Å². The van der Waals surface area contributed by atoms with Crippen LogP contribution >= 0.6 is 0 Å². The van der Waals surface area contributed by atoms with Crippen molar-refractivity contribution in [3.05, 3.63) is 42.1 Å². The van der Waals surface area contributed by atoms with E-state index in [0.717, 1.165) is 17.1 Å². The molecule has 5 nitrogen and oxygen atoms in total. The summed E-state index contributed by atoms with van der Waals surface area (Å²) in [6.07, 6.45) is 2.15. The number of hydrogen-bond acceptors (Lipinski definition) is 3. The molecule has 1 N–H and O–H groups in total. The highest BCUT2D eigenvalue weighted by Crippen LogP contribution is 2.24. The van der Waals surface area contributed by atoms with Gasteiger partial charge in [-0.15, -0.1) is 0 Å².